The Labute approximate surface area is 120 Å². The third-order valence-electron chi connectivity index (χ3n) is 3.99. The van der Waals surface area contributed by atoms with Crippen molar-refractivity contribution >= 4 is 11.6 Å². The van der Waals surface area contributed by atoms with Gasteiger partial charge in [-0.25, -0.2) is 15.8 Å². The van der Waals surface area contributed by atoms with Crippen LogP contribution in [0.25, 0.3) is 0 Å². The Balaban J connectivity index is 1.49. The number of likely N-dealkylation sites (tertiary alicyclic amines) is 1. The number of hydrogen-bond acceptors (Lipinski definition) is 6. The van der Waals surface area contributed by atoms with E-state index >= 15 is 0 Å². The highest BCUT2D eigenvalue weighted by molar-refractivity contribution is 5.47. The smallest absolute Gasteiger partial charge is 0.145 e. The van der Waals surface area contributed by atoms with Crippen molar-refractivity contribution in [1.29, 1.82) is 0 Å². The van der Waals surface area contributed by atoms with E-state index in [0.29, 0.717) is 11.7 Å². The Morgan fingerprint density at radius 2 is 1.95 bits per heavy atom. The molecule has 110 valence electrons. The summed E-state index contributed by atoms with van der Waals surface area (Å²) < 4.78 is 0. The van der Waals surface area contributed by atoms with Gasteiger partial charge in [0.25, 0.3) is 0 Å². The molecule has 0 amide bonds. The van der Waals surface area contributed by atoms with Crippen LogP contribution in [0.4, 0.5) is 11.6 Å². The number of hydrogen-bond donors (Lipinski definition) is 3. The Kier molecular flexibility index (Phi) is 4.32. The van der Waals surface area contributed by atoms with Crippen LogP contribution in [0.2, 0.25) is 0 Å². The summed E-state index contributed by atoms with van der Waals surface area (Å²) >= 11 is 0. The van der Waals surface area contributed by atoms with E-state index in [2.05, 4.69) is 25.6 Å². The summed E-state index contributed by atoms with van der Waals surface area (Å²) in [6, 6.07) is 1.88. The molecule has 1 aliphatic carbocycles. The monoisotopic (exact) mass is 276 g/mol. The van der Waals surface area contributed by atoms with Crippen LogP contribution in [0.5, 0.6) is 0 Å². The summed E-state index contributed by atoms with van der Waals surface area (Å²) in [5, 5.41) is 3.39. The van der Waals surface area contributed by atoms with Crippen LogP contribution in [0.3, 0.4) is 0 Å². The fourth-order valence-corrected chi connectivity index (χ4v) is 2.68. The molecule has 1 aliphatic heterocycles. The van der Waals surface area contributed by atoms with Gasteiger partial charge in [-0.1, -0.05) is 0 Å². The number of nitrogen functional groups attached to an aromatic ring is 1. The van der Waals surface area contributed by atoms with E-state index in [-0.39, 0.29) is 0 Å². The van der Waals surface area contributed by atoms with Gasteiger partial charge in [0.2, 0.25) is 0 Å². The van der Waals surface area contributed by atoms with E-state index < -0.39 is 0 Å². The predicted molar refractivity (Wildman–Crippen MR) is 80.6 cm³/mol. The van der Waals surface area contributed by atoms with Crippen molar-refractivity contribution in [3.8, 4) is 0 Å². The highest BCUT2D eigenvalue weighted by Crippen LogP contribution is 2.38. The first kappa shape index (κ1) is 13.6. The summed E-state index contributed by atoms with van der Waals surface area (Å²) in [5.41, 5.74) is 2.63. The summed E-state index contributed by atoms with van der Waals surface area (Å²) in [7, 11) is 0. The maximum atomic E-state index is 5.47. The highest BCUT2D eigenvalue weighted by Gasteiger charge is 2.27. The summed E-state index contributed by atoms with van der Waals surface area (Å²) in [6.45, 7) is 4.65. The molecule has 6 heteroatoms. The molecule has 0 spiro atoms. The fraction of sp³-hybridized carbons (Fsp3) is 0.714. The Hall–Kier alpha value is -1.40. The average Bonchev–Trinajstić information content (AvgIpc) is 3.21. The zero-order valence-corrected chi connectivity index (χ0v) is 11.9. The number of nitrogens with two attached hydrogens (primary N) is 1. The summed E-state index contributed by atoms with van der Waals surface area (Å²) in [4.78, 5) is 11.5. The van der Waals surface area contributed by atoms with E-state index in [1.807, 2.05) is 6.07 Å². The molecule has 0 aromatic carbocycles. The first-order valence-electron chi connectivity index (χ1n) is 7.67. The van der Waals surface area contributed by atoms with Crippen molar-refractivity contribution in [2.24, 2.45) is 5.84 Å². The molecule has 2 heterocycles. The molecule has 0 bridgehead atoms. The predicted octanol–water partition coefficient (Wildman–Crippen LogP) is 1.54. The second kappa shape index (κ2) is 6.37. The lowest BCUT2D eigenvalue weighted by Gasteiger charge is -2.15. The third kappa shape index (κ3) is 3.58. The Bertz CT molecular complexity index is 439. The maximum absolute atomic E-state index is 5.47. The van der Waals surface area contributed by atoms with E-state index in [9.17, 15) is 0 Å². The van der Waals surface area contributed by atoms with Crippen LogP contribution in [0, 0.1) is 0 Å². The van der Waals surface area contributed by atoms with Crippen LogP contribution in [-0.2, 0) is 0 Å². The van der Waals surface area contributed by atoms with Gasteiger partial charge in [0, 0.05) is 18.5 Å². The van der Waals surface area contributed by atoms with Gasteiger partial charge in [-0.3, -0.25) is 0 Å². The van der Waals surface area contributed by atoms with Gasteiger partial charge in [0.1, 0.15) is 17.5 Å². The maximum Gasteiger partial charge on any atom is 0.145 e. The zero-order valence-electron chi connectivity index (χ0n) is 11.9. The molecular formula is C14H24N6. The average molecular weight is 276 g/mol. The van der Waals surface area contributed by atoms with E-state index in [1.54, 1.807) is 0 Å². The molecule has 0 radical (unpaired) electrons. The molecule has 0 unspecified atom stereocenters. The quantitative estimate of drug-likeness (QED) is 0.398. The van der Waals surface area contributed by atoms with Crippen molar-refractivity contribution in [1.82, 2.24) is 14.9 Å². The fourth-order valence-electron chi connectivity index (χ4n) is 2.68. The first-order valence-corrected chi connectivity index (χ1v) is 7.67. The molecule has 0 atom stereocenters. The molecule has 20 heavy (non-hydrogen) atoms. The van der Waals surface area contributed by atoms with Crippen molar-refractivity contribution < 1.29 is 0 Å². The molecule has 3 rings (SSSR count). The van der Waals surface area contributed by atoms with Gasteiger partial charge in [0.15, 0.2) is 0 Å². The van der Waals surface area contributed by atoms with Gasteiger partial charge in [0.05, 0.1) is 0 Å². The van der Waals surface area contributed by atoms with Crippen LogP contribution in [0.1, 0.15) is 43.8 Å². The third-order valence-corrected chi connectivity index (χ3v) is 3.99. The van der Waals surface area contributed by atoms with Gasteiger partial charge in [-0.15, -0.1) is 0 Å². The number of nitrogens with one attached hydrogen (secondary N) is 2. The molecular weight excluding hydrogens is 252 g/mol. The first-order chi connectivity index (χ1) is 9.85. The lowest BCUT2D eigenvalue weighted by atomic mass is 10.3. The molecule has 2 fully saturated rings. The standard InChI is InChI=1S/C14H24N6/c15-19-13-10-12(17-14(18-13)11-4-5-11)16-6-3-9-20-7-1-2-8-20/h10-11H,1-9,15H2,(H2,16,17,18,19). The minimum Gasteiger partial charge on any atom is -0.370 e. The van der Waals surface area contributed by atoms with Gasteiger partial charge in [-0.2, -0.15) is 0 Å². The van der Waals surface area contributed by atoms with Gasteiger partial charge < -0.3 is 15.6 Å². The molecule has 2 aliphatic rings. The highest BCUT2D eigenvalue weighted by atomic mass is 15.3. The minimum atomic E-state index is 0.536. The molecule has 1 aromatic heterocycles. The van der Waals surface area contributed by atoms with Crippen LogP contribution >= 0.6 is 0 Å². The zero-order chi connectivity index (χ0) is 13.8. The lowest BCUT2D eigenvalue weighted by Crippen LogP contribution is -2.22. The second-order valence-electron chi connectivity index (χ2n) is 5.74. The van der Waals surface area contributed by atoms with Crippen molar-refractivity contribution in [3.63, 3.8) is 0 Å². The number of nitrogens with zero attached hydrogens (tertiary/aromatic N) is 3. The van der Waals surface area contributed by atoms with E-state index in [4.69, 9.17) is 5.84 Å². The minimum absolute atomic E-state index is 0.536. The van der Waals surface area contributed by atoms with Gasteiger partial charge in [-0.05, 0) is 51.7 Å². The van der Waals surface area contributed by atoms with Crippen LogP contribution in [0.15, 0.2) is 6.07 Å². The van der Waals surface area contributed by atoms with Gasteiger partial charge >= 0.3 is 0 Å². The number of hydrazine groups is 1. The topological polar surface area (TPSA) is 79.1 Å². The number of rotatable bonds is 7. The molecule has 6 nitrogen and oxygen atoms in total. The SMILES string of the molecule is NNc1cc(NCCCN2CCCC2)nc(C2CC2)n1. The second-order valence-corrected chi connectivity index (χ2v) is 5.74. The van der Waals surface area contributed by atoms with Crippen molar-refractivity contribution in [3.05, 3.63) is 11.9 Å². The van der Waals surface area contributed by atoms with Crippen LogP contribution in [-0.4, -0.2) is 41.0 Å². The van der Waals surface area contributed by atoms with Crippen molar-refractivity contribution in [2.75, 3.05) is 36.9 Å². The summed E-state index contributed by atoms with van der Waals surface area (Å²) in [6.07, 6.45) is 6.25. The summed E-state index contributed by atoms with van der Waals surface area (Å²) in [5.74, 6) is 8.51. The lowest BCUT2D eigenvalue weighted by molar-refractivity contribution is 0.337. The number of anilines is 2. The molecule has 1 saturated heterocycles. The van der Waals surface area contributed by atoms with Crippen molar-refractivity contribution in [2.45, 2.75) is 38.0 Å². The molecule has 1 aromatic rings. The van der Waals surface area contributed by atoms with E-state index in [1.165, 1.54) is 45.3 Å². The normalized spacial score (nSPS) is 19.2. The largest absolute Gasteiger partial charge is 0.370 e. The molecule has 1 saturated carbocycles. The van der Waals surface area contributed by atoms with E-state index in [0.717, 1.165) is 24.6 Å². The van der Waals surface area contributed by atoms with Crippen LogP contribution < -0.4 is 16.6 Å². The Morgan fingerprint density at radius 3 is 2.65 bits per heavy atom. The molecule has 4 N–H and O–H groups in total. The Morgan fingerprint density at radius 1 is 1.20 bits per heavy atom. The number of aromatic nitrogens is 2.